The zero-order valence-electron chi connectivity index (χ0n) is 21.8. The lowest BCUT2D eigenvalue weighted by Gasteiger charge is -2.17. The van der Waals surface area contributed by atoms with Crippen molar-refractivity contribution in [2.24, 2.45) is 0 Å². The monoisotopic (exact) mass is 494 g/mol. The maximum absolute atomic E-state index is 11.7. The molecule has 7 nitrogen and oxygen atoms in total. The summed E-state index contributed by atoms with van der Waals surface area (Å²) in [4.78, 5) is 11.7. The summed E-state index contributed by atoms with van der Waals surface area (Å²) >= 11 is 0. The molecule has 0 heterocycles. The third-order valence-electron chi connectivity index (χ3n) is 6.12. The number of hydrogen-bond acceptors (Lipinski definition) is 7. The lowest BCUT2D eigenvalue weighted by molar-refractivity contribution is 0.0600. The van der Waals surface area contributed by atoms with E-state index in [9.17, 15) is 4.79 Å². The van der Waals surface area contributed by atoms with E-state index >= 15 is 0 Å². The van der Waals surface area contributed by atoms with Crippen molar-refractivity contribution in [2.75, 3.05) is 42.7 Å². The van der Waals surface area contributed by atoms with Gasteiger partial charge in [0.15, 0.2) is 11.5 Å². The van der Waals surface area contributed by atoms with Gasteiger partial charge in [-0.05, 0) is 84.3 Å². The smallest absolute Gasteiger partial charge is 0.337 e. The van der Waals surface area contributed by atoms with E-state index in [2.05, 4.69) is 0 Å². The number of carbonyl (C=O) groups is 1. The van der Waals surface area contributed by atoms with Gasteiger partial charge in [0, 0.05) is 0 Å². The van der Waals surface area contributed by atoms with Crippen molar-refractivity contribution in [1.29, 1.82) is 0 Å². The van der Waals surface area contributed by atoms with Crippen LogP contribution in [-0.2, 0) is 30.4 Å². The molecule has 0 fully saturated rings. The van der Waals surface area contributed by atoms with Gasteiger partial charge in [-0.2, -0.15) is 0 Å². The Balaban J connectivity index is 1.82. The van der Waals surface area contributed by atoms with Crippen molar-refractivity contribution in [3.05, 3.63) is 76.3 Å². The number of aryl methyl sites for hydroxylation is 4. The largest absolute Gasteiger partial charge is 0.497 e. The van der Waals surface area contributed by atoms with Gasteiger partial charge >= 0.3 is 5.97 Å². The first-order chi connectivity index (χ1) is 17.5. The van der Waals surface area contributed by atoms with Crippen LogP contribution < -0.4 is 23.7 Å². The van der Waals surface area contributed by atoms with Crippen molar-refractivity contribution in [3.8, 4) is 28.7 Å². The summed E-state index contributed by atoms with van der Waals surface area (Å²) in [5.74, 6) is 3.13. The van der Waals surface area contributed by atoms with E-state index in [0.29, 0.717) is 22.8 Å². The van der Waals surface area contributed by atoms with Crippen LogP contribution in [0.3, 0.4) is 0 Å². The zero-order chi connectivity index (χ0) is 26.1. The minimum atomic E-state index is -0.340. The number of rotatable bonds is 12. The van der Waals surface area contributed by atoms with Crippen LogP contribution in [-0.4, -0.2) is 48.6 Å². The third-order valence-corrected chi connectivity index (χ3v) is 6.12. The van der Waals surface area contributed by atoms with Crippen LogP contribution in [0.2, 0.25) is 0 Å². The minimum absolute atomic E-state index is 0.340. The topological polar surface area (TPSA) is 72.5 Å². The van der Waals surface area contributed by atoms with Crippen LogP contribution in [0, 0.1) is 0 Å². The van der Waals surface area contributed by atoms with E-state index in [1.54, 1.807) is 47.7 Å². The summed E-state index contributed by atoms with van der Waals surface area (Å²) in [5.41, 5.74) is 4.83. The number of hydrogen-bond donors (Lipinski definition) is 0. The predicted octanol–water partition coefficient (Wildman–Crippen LogP) is 5.09. The van der Waals surface area contributed by atoms with E-state index in [1.165, 1.54) is 7.11 Å². The highest BCUT2D eigenvalue weighted by Gasteiger charge is 2.16. The van der Waals surface area contributed by atoms with Crippen LogP contribution in [0.25, 0.3) is 0 Å². The van der Waals surface area contributed by atoms with Gasteiger partial charge in [-0.3, -0.25) is 0 Å². The Morgan fingerprint density at radius 2 is 1.11 bits per heavy atom. The normalized spacial score (nSPS) is 10.5. The molecule has 0 aromatic heterocycles. The SMILES string of the molecule is COC(=O)c1ccc(CCc2cc(OC)cc(CCc3cc(OC)c(OC)c(OC)c3)c2OC)cc1. The predicted molar refractivity (Wildman–Crippen MR) is 138 cm³/mol. The molecule has 0 bridgehead atoms. The first-order valence-electron chi connectivity index (χ1n) is 11.7. The quantitative estimate of drug-likeness (QED) is 0.325. The lowest BCUT2D eigenvalue weighted by Crippen LogP contribution is -2.04. The molecule has 3 aromatic rings. The number of carbonyl (C=O) groups excluding carboxylic acids is 1. The number of esters is 1. The van der Waals surface area contributed by atoms with Gasteiger partial charge in [0.25, 0.3) is 0 Å². The highest BCUT2D eigenvalue weighted by atomic mass is 16.5. The van der Waals surface area contributed by atoms with Gasteiger partial charge in [-0.1, -0.05) is 12.1 Å². The number of methoxy groups -OCH3 is 6. The molecular weight excluding hydrogens is 460 g/mol. The minimum Gasteiger partial charge on any atom is -0.497 e. The van der Waals surface area contributed by atoms with E-state index in [-0.39, 0.29) is 5.97 Å². The van der Waals surface area contributed by atoms with E-state index < -0.39 is 0 Å². The molecule has 0 unspecified atom stereocenters. The van der Waals surface area contributed by atoms with Crippen molar-refractivity contribution in [1.82, 2.24) is 0 Å². The fourth-order valence-electron chi connectivity index (χ4n) is 4.24. The van der Waals surface area contributed by atoms with E-state index in [1.807, 2.05) is 36.4 Å². The molecule has 0 radical (unpaired) electrons. The molecular formula is C29H34O7. The summed E-state index contributed by atoms with van der Waals surface area (Å²) < 4.78 is 32.7. The molecule has 0 amide bonds. The Hall–Kier alpha value is -3.87. The molecule has 0 saturated heterocycles. The summed E-state index contributed by atoms with van der Waals surface area (Å²) in [7, 11) is 9.56. The Morgan fingerprint density at radius 3 is 1.56 bits per heavy atom. The van der Waals surface area contributed by atoms with Gasteiger partial charge in [0.1, 0.15) is 11.5 Å². The number of benzene rings is 3. The van der Waals surface area contributed by atoms with Gasteiger partial charge < -0.3 is 28.4 Å². The second-order valence-electron chi connectivity index (χ2n) is 8.20. The van der Waals surface area contributed by atoms with E-state index in [4.69, 9.17) is 28.4 Å². The van der Waals surface area contributed by atoms with Gasteiger partial charge in [0.2, 0.25) is 5.75 Å². The number of ether oxygens (including phenoxy) is 6. The zero-order valence-corrected chi connectivity index (χ0v) is 21.8. The second kappa shape index (κ2) is 12.7. The maximum Gasteiger partial charge on any atom is 0.337 e. The highest BCUT2D eigenvalue weighted by molar-refractivity contribution is 5.89. The summed E-state index contributed by atoms with van der Waals surface area (Å²) in [5, 5.41) is 0. The fourth-order valence-corrected chi connectivity index (χ4v) is 4.24. The van der Waals surface area contributed by atoms with Crippen molar-refractivity contribution < 1.29 is 33.2 Å². The fraction of sp³-hybridized carbons (Fsp3) is 0.345. The summed E-state index contributed by atoms with van der Waals surface area (Å²) in [6.07, 6.45) is 3.03. The Morgan fingerprint density at radius 1 is 0.583 bits per heavy atom. The molecule has 0 atom stereocenters. The van der Waals surface area contributed by atoms with Crippen LogP contribution in [0.4, 0.5) is 0 Å². The van der Waals surface area contributed by atoms with Crippen molar-refractivity contribution in [2.45, 2.75) is 25.7 Å². The van der Waals surface area contributed by atoms with Gasteiger partial charge in [0.05, 0.1) is 48.2 Å². The third kappa shape index (κ3) is 6.22. The molecule has 0 N–H and O–H groups in total. The summed E-state index contributed by atoms with van der Waals surface area (Å²) in [6, 6.07) is 15.4. The highest BCUT2D eigenvalue weighted by Crippen LogP contribution is 2.39. The Labute approximate surface area is 212 Å². The molecule has 192 valence electrons. The van der Waals surface area contributed by atoms with Crippen LogP contribution in [0.5, 0.6) is 28.7 Å². The van der Waals surface area contributed by atoms with Crippen LogP contribution >= 0.6 is 0 Å². The Bertz CT molecular complexity index is 1140. The molecule has 0 aliphatic carbocycles. The van der Waals surface area contributed by atoms with Crippen LogP contribution in [0.1, 0.15) is 32.6 Å². The second-order valence-corrected chi connectivity index (χ2v) is 8.20. The Kier molecular flexibility index (Phi) is 9.45. The molecule has 0 saturated carbocycles. The lowest BCUT2D eigenvalue weighted by atomic mass is 9.96. The average Bonchev–Trinajstić information content (AvgIpc) is 2.93. The summed E-state index contributed by atoms with van der Waals surface area (Å²) in [6.45, 7) is 0. The standard InChI is InChI=1S/C29H34O7/c1-31-24-17-22(13-9-19-7-11-21(12-8-19)29(30)36-6)27(34-4)23(18-24)14-10-20-15-25(32-2)28(35-5)26(16-20)33-3/h7-8,11-12,15-18H,9-10,13-14H2,1-6H3. The maximum atomic E-state index is 11.7. The van der Waals surface area contributed by atoms with Crippen molar-refractivity contribution in [3.63, 3.8) is 0 Å². The van der Waals surface area contributed by atoms with E-state index in [0.717, 1.165) is 59.4 Å². The first-order valence-corrected chi connectivity index (χ1v) is 11.7. The molecule has 7 heteroatoms. The van der Waals surface area contributed by atoms with Gasteiger partial charge in [-0.25, -0.2) is 4.79 Å². The van der Waals surface area contributed by atoms with Crippen molar-refractivity contribution >= 4 is 5.97 Å². The molecule has 0 spiro atoms. The molecule has 3 rings (SSSR count). The molecule has 0 aliphatic heterocycles. The first kappa shape index (κ1) is 26.7. The molecule has 36 heavy (non-hydrogen) atoms. The van der Waals surface area contributed by atoms with Gasteiger partial charge in [-0.15, -0.1) is 0 Å². The van der Waals surface area contributed by atoms with Crippen LogP contribution in [0.15, 0.2) is 48.5 Å². The molecule has 3 aromatic carbocycles. The average molecular weight is 495 g/mol. The molecule has 0 aliphatic rings.